The first-order valence-electron chi connectivity index (χ1n) is 9.14. The zero-order valence-electron chi connectivity index (χ0n) is 15.7. The van der Waals surface area contributed by atoms with Crippen molar-refractivity contribution in [2.45, 2.75) is 52.9 Å². The van der Waals surface area contributed by atoms with Crippen molar-refractivity contribution < 1.29 is 4.79 Å². The second-order valence-electron chi connectivity index (χ2n) is 7.42. The number of hydrogen-bond acceptors (Lipinski definition) is 4. The van der Waals surface area contributed by atoms with Crippen LogP contribution in [0.25, 0.3) is 0 Å². The lowest BCUT2D eigenvalue weighted by atomic mass is 9.68. The fraction of sp³-hybridized carbons (Fsp3) is 0.944. The maximum absolute atomic E-state index is 12.7. The van der Waals surface area contributed by atoms with Crippen molar-refractivity contribution in [3.8, 4) is 0 Å². The molecule has 0 heterocycles. The molecule has 1 saturated carbocycles. The molecule has 6 heteroatoms. The smallest absolute Gasteiger partial charge is 0.136 e. The van der Waals surface area contributed by atoms with Crippen LogP contribution in [0.4, 0.5) is 0 Å². The normalized spacial score (nSPS) is 23.7. The van der Waals surface area contributed by atoms with Crippen LogP contribution >= 0.6 is 24.8 Å². The van der Waals surface area contributed by atoms with Crippen molar-refractivity contribution in [3.63, 3.8) is 0 Å². The van der Waals surface area contributed by atoms with Crippen LogP contribution in [-0.2, 0) is 4.79 Å². The predicted octanol–water partition coefficient (Wildman–Crippen LogP) is 3.11. The number of ketones is 1. The lowest BCUT2D eigenvalue weighted by Gasteiger charge is -2.36. The van der Waals surface area contributed by atoms with Gasteiger partial charge in [-0.3, -0.25) is 4.79 Å². The molecule has 0 aromatic rings. The summed E-state index contributed by atoms with van der Waals surface area (Å²) in [5.74, 6) is 2.70. The van der Waals surface area contributed by atoms with Gasteiger partial charge in [-0.15, -0.1) is 24.8 Å². The van der Waals surface area contributed by atoms with E-state index in [-0.39, 0.29) is 24.8 Å². The Balaban J connectivity index is 0. The Morgan fingerprint density at radius 2 is 1.67 bits per heavy atom. The Morgan fingerprint density at radius 3 is 2.17 bits per heavy atom. The van der Waals surface area contributed by atoms with Gasteiger partial charge in [-0.1, -0.05) is 27.2 Å². The number of halogens is 2. The first kappa shape index (κ1) is 26.4. The van der Waals surface area contributed by atoms with Crippen LogP contribution in [0.3, 0.4) is 0 Å². The molecule has 0 bridgehead atoms. The Kier molecular flexibility index (Phi) is 15.7. The van der Waals surface area contributed by atoms with Crippen LogP contribution in [-0.4, -0.2) is 43.4 Å². The predicted molar refractivity (Wildman–Crippen MR) is 108 cm³/mol. The minimum absolute atomic E-state index is 0. The Morgan fingerprint density at radius 1 is 1.08 bits per heavy atom. The highest BCUT2D eigenvalue weighted by Crippen LogP contribution is 2.39. The third-order valence-electron chi connectivity index (χ3n) is 5.22. The summed E-state index contributed by atoms with van der Waals surface area (Å²) in [6, 6.07) is 0. The molecule has 0 amide bonds. The molecular weight excluding hydrogens is 345 g/mol. The van der Waals surface area contributed by atoms with Gasteiger partial charge in [0.25, 0.3) is 0 Å². The maximum Gasteiger partial charge on any atom is 0.136 e. The fourth-order valence-electron chi connectivity index (χ4n) is 3.94. The quantitative estimate of drug-likeness (QED) is 0.607. The average Bonchev–Trinajstić information content (AvgIpc) is 2.47. The van der Waals surface area contributed by atoms with E-state index in [1.165, 1.54) is 12.8 Å². The molecule has 1 aliphatic rings. The van der Waals surface area contributed by atoms with E-state index in [4.69, 9.17) is 11.5 Å². The highest BCUT2D eigenvalue weighted by Gasteiger charge is 2.34. The molecule has 4 N–H and O–H groups in total. The Bertz CT molecular complexity index is 323. The van der Waals surface area contributed by atoms with Crippen molar-refractivity contribution in [2.24, 2.45) is 35.1 Å². The van der Waals surface area contributed by atoms with Gasteiger partial charge in [-0.25, -0.2) is 0 Å². The molecule has 1 rings (SSSR count). The summed E-state index contributed by atoms with van der Waals surface area (Å²) in [4.78, 5) is 15.0. The number of carbonyl (C=O) groups excluding carboxylic acids is 1. The van der Waals surface area contributed by atoms with Crippen molar-refractivity contribution in [2.75, 3.05) is 32.7 Å². The minimum Gasteiger partial charge on any atom is -0.329 e. The summed E-state index contributed by atoms with van der Waals surface area (Å²) in [7, 11) is 0. The summed E-state index contributed by atoms with van der Waals surface area (Å²) in [6.45, 7) is 10.8. The summed E-state index contributed by atoms with van der Waals surface area (Å²) in [6.07, 6.45) is 5.26. The van der Waals surface area contributed by atoms with Crippen LogP contribution in [0, 0.1) is 23.7 Å². The van der Waals surface area contributed by atoms with Crippen LogP contribution in [0.1, 0.15) is 52.9 Å². The second-order valence-corrected chi connectivity index (χ2v) is 7.42. The third-order valence-corrected chi connectivity index (χ3v) is 5.22. The van der Waals surface area contributed by atoms with Gasteiger partial charge in [0.05, 0.1) is 0 Å². The van der Waals surface area contributed by atoms with Gasteiger partial charge in [0.15, 0.2) is 0 Å². The fourth-order valence-corrected chi connectivity index (χ4v) is 3.94. The van der Waals surface area contributed by atoms with E-state index in [0.29, 0.717) is 49.0 Å². The molecule has 0 aliphatic heterocycles. The van der Waals surface area contributed by atoms with Crippen molar-refractivity contribution in [3.05, 3.63) is 0 Å². The highest BCUT2D eigenvalue weighted by atomic mass is 35.5. The summed E-state index contributed by atoms with van der Waals surface area (Å²) in [5.41, 5.74) is 11.3. The lowest BCUT2D eigenvalue weighted by molar-refractivity contribution is -0.127. The molecule has 0 unspecified atom stereocenters. The van der Waals surface area contributed by atoms with Crippen molar-refractivity contribution in [1.29, 1.82) is 0 Å². The van der Waals surface area contributed by atoms with Gasteiger partial charge in [0.1, 0.15) is 5.78 Å². The third kappa shape index (κ3) is 9.00. The van der Waals surface area contributed by atoms with Gasteiger partial charge in [-0.05, 0) is 43.6 Å². The molecule has 146 valence electrons. The van der Waals surface area contributed by atoms with Gasteiger partial charge >= 0.3 is 0 Å². The Hall–Kier alpha value is 0.130. The summed E-state index contributed by atoms with van der Waals surface area (Å²) in [5, 5.41) is 0. The monoisotopic (exact) mass is 383 g/mol. The molecule has 1 aliphatic carbocycles. The van der Waals surface area contributed by atoms with Crippen molar-refractivity contribution in [1.82, 2.24) is 4.90 Å². The standard InChI is InChI=1S/C18H37N3O.2ClH/c1-14(2)16-7-6-15(3)13-17(16)18(22)5-4-10-21(11-8-19)12-9-20;;/h14-17H,4-13,19-20H2,1-3H3;2*1H/t15-,16+,17-;;/m1../s1. The number of nitrogens with two attached hydrogens (primary N) is 2. The maximum atomic E-state index is 12.7. The molecule has 0 radical (unpaired) electrons. The minimum atomic E-state index is 0. The number of rotatable bonds is 10. The SMILES string of the molecule is CC(C)[C@@H]1CC[C@@H](C)C[C@H]1C(=O)CCCN(CCN)CCN.Cl.Cl. The van der Waals surface area contributed by atoms with E-state index < -0.39 is 0 Å². The Labute approximate surface area is 161 Å². The topological polar surface area (TPSA) is 72.3 Å². The van der Waals surface area contributed by atoms with Gasteiger partial charge < -0.3 is 16.4 Å². The van der Waals surface area contributed by atoms with E-state index in [1.807, 2.05) is 0 Å². The molecule has 0 spiro atoms. The van der Waals surface area contributed by atoms with Crippen LogP contribution in [0.5, 0.6) is 0 Å². The molecule has 0 saturated heterocycles. The molecule has 1 fully saturated rings. The number of Topliss-reactive ketones (excluding diaryl/α,β-unsaturated/α-hetero) is 1. The van der Waals surface area contributed by atoms with Crippen molar-refractivity contribution >= 4 is 30.6 Å². The van der Waals surface area contributed by atoms with E-state index in [2.05, 4.69) is 25.7 Å². The summed E-state index contributed by atoms with van der Waals surface area (Å²) < 4.78 is 0. The number of carbonyl (C=O) groups is 1. The number of hydrogen-bond donors (Lipinski definition) is 2. The zero-order valence-corrected chi connectivity index (χ0v) is 17.3. The van der Waals surface area contributed by atoms with Gasteiger partial charge in [-0.2, -0.15) is 0 Å². The lowest BCUT2D eigenvalue weighted by Crippen LogP contribution is -2.36. The van der Waals surface area contributed by atoms with E-state index in [9.17, 15) is 4.79 Å². The van der Waals surface area contributed by atoms with Crippen LogP contribution in [0.15, 0.2) is 0 Å². The highest BCUT2D eigenvalue weighted by molar-refractivity contribution is 5.85. The first-order valence-corrected chi connectivity index (χ1v) is 9.14. The summed E-state index contributed by atoms with van der Waals surface area (Å²) >= 11 is 0. The van der Waals surface area contributed by atoms with Crippen LogP contribution < -0.4 is 11.5 Å². The van der Waals surface area contributed by atoms with E-state index >= 15 is 0 Å². The average molecular weight is 384 g/mol. The van der Waals surface area contributed by atoms with E-state index in [0.717, 1.165) is 32.5 Å². The molecule has 3 atom stereocenters. The number of nitrogens with zero attached hydrogens (tertiary/aromatic N) is 1. The molecule has 4 nitrogen and oxygen atoms in total. The largest absolute Gasteiger partial charge is 0.329 e. The molecule has 0 aromatic carbocycles. The first-order chi connectivity index (χ1) is 10.5. The second kappa shape index (κ2) is 14.3. The zero-order chi connectivity index (χ0) is 16.5. The van der Waals surface area contributed by atoms with Gasteiger partial charge in [0, 0.05) is 38.5 Å². The molecular formula is C18H39Cl2N3O. The van der Waals surface area contributed by atoms with Gasteiger partial charge in [0.2, 0.25) is 0 Å². The van der Waals surface area contributed by atoms with Crippen LogP contribution in [0.2, 0.25) is 0 Å². The molecule has 24 heavy (non-hydrogen) atoms. The van der Waals surface area contributed by atoms with E-state index in [1.54, 1.807) is 0 Å². The molecule has 0 aromatic heterocycles.